The molecule has 3 rings (SSSR count). The van der Waals surface area contributed by atoms with Crippen molar-refractivity contribution in [3.8, 4) is 11.8 Å². The molecular formula is C25H20BrClN2O2. The van der Waals surface area contributed by atoms with Gasteiger partial charge in [0, 0.05) is 10.7 Å². The highest BCUT2D eigenvalue weighted by atomic mass is 79.9. The topological polar surface area (TPSA) is 62.1 Å². The molecule has 4 nitrogen and oxygen atoms in total. The number of hydrogen-bond donors (Lipinski definition) is 1. The average Bonchev–Trinajstić information content (AvgIpc) is 2.73. The summed E-state index contributed by atoms with van der Waals surface area (Å²) in [7, 11) is 0. The van der Waals surface area contributed by atoms with Crippen LogP contribution in [0.4, 0.5) is 5.69 Å². The first-order valence-corrected chi connectivity index (χ1v) is 10.7. The van der Waals surface area contributed by atoms with Crippen LogP contribution >= 0.6 is 27.5 Å². The summed E-state index contributed by atoms with van der Waals surface area (Å²) in [6, 6.07) is 20.3. The van der Waals surface area contributed by atoms with Gasteiger partial charge < -0.3 is 10.1 Å². The Balaban J connectivity index is 1.71. The lowest BCUT2D eigenvalue weighted by Gasteiger charge is -2.10. The van der Waals surface area contributed by atoms with Crippen LogP contribution in [0.5, 0.6) is 5.75 Å². The van der Waals surface area contributed by atoms with Gasteiger partial charge in [-0.3, -0.25) is 4.79 Å². The fraction of sp³-hybridized carbons (Fsp3) is 0.120. The Morgan fingerprint density at radius 2 is 1.94 bits per heavy atom. The van der Waals surface area contributed by atoms with Crippen molar-refractivity contribution >= 4 is 45.2 Å². The number of aryl methyl sites for hydroxylation is 2. The molecule has 0 spiro atoms. The van der Waals surface area contributed by atoms with E-state index in [0.717, 1.165) is 10.0 Å². The van der Waals surface area contributed by atoms with Crippen molar-refractivity contribution in [3.05, 3.63) is 98.0 Å². The molecule has 0 unspecified atom stereocenters. The number of carbonyl (C=O) groups excluding carboxylic acids is 1. The van der Waals surface area contributed by atoms with E-state index in [1.54, 1.807) is 42.5 Å². The van der Waals surface area contributed by atoms with Crippen LogP contribution < -0.4 is 10.1 Å². The van der Waals surface area contributed by atoms with E-state index >= 15 is 0 Å². The minimum absolute atomic E-state index is 0.0179. The van der Waals surface area contributed by atoms with Crippen molar-refractivity contribution in [2.75, 3.05) is 5.32 Å². The first-order chi connectivity index (χ1) is 14.9. The number of nitrogens with zero attached hydrogens (tertiary/aromatic N) is 1. The Kier molecular flexibility index (Phi) is 7.51. The molecule has 0 atom stereocenters. The minimum Gasteiger partial charge on any atom is -0.488 e. The fourth-order valence-electron chi connectivity index (χ4n) is 2.86. The molecule has 0 radical (unpaired) electrons. The van der Waals surface area contributed by atoms with E-state index < -0.39 is 5.91 Å². The van der Waals surface area contributed by atoms with Crippen molar-refractivity contribution in [2.24, 2.45) is 0 Å². The van der Waals surface area contributed by atoms with E-state index in [1.807, 2.05) is 12.1 Å². The van der Waals surface area contributed by atoms with E-state index in [2.05, 4.69) is 47.2 Å². The molecule has 1 amide bonds. The highest BCUT2D eigenvalue weighted by Crippen LogP contribution is 2.28. The SMILES string of the molecule is Cc1ccc(COc2ccc(/C=C(\C#N)C(=O)Nc3cccc(Cl)c3)cc2Br)cc1C. The summed E-state index contributed by atoms with van der Waals surface area (Å²) in [4.78, 5) is 12.4. The van der Waals surface area contributed by atoms with Crippen molar-refractivity contribution in [1.82, 2.24) is 0 Å². The molecule has 0 aliphatic rings. The monoisotopic (exact) mass is 494 g/mol. The molecule has 0 aliphatic carbocycles. The maximum Gasteiger partial charge on any atom is 0.266 e. The van der Waals surface area contributed by atoms with Gasteiger partial charge in [-0.1, -0.05) is 41.9 Å². The molecule has 0 saturated heterocycles. The number of nitriles is 1. The zero-order valence-electron chi connectivity index (χ0n) is 17.1. The summed E-state index contributed by atoms with van der Waals surface area (Å²) in [6.07, 6.45) is 1.53. The molecular weight excluding hydrogens is 476 g/mol. The number of nitrogens with one attached hydrogen (secondary N) is 1. The molecule has 156 valence electrons. The number of ether oxygens (including phenoxy) is 1. The Labute approximate surface area is 195 Å². The molecule has 31 heavy (non-hydrogen) atoms. The number of carbonyl (C=O) groups is 1. The Bertz CT molecular complexity index is 1200. The molecule has 3 aromatic rings. The summed E-state index contributed by atoms with van der Waals surface area (Å²) in [6.45, 7) is 4.60. The molecule has 6 heteroatoms. The molecule has 0 bridgehead atoms. The third kappa shape index (κ3) is 6.21. The Morgan fingerprint density at radius 1 is 1.13 bits per heavy atom. The molecule has 0 aromatic heterocycles. The van der Waals surface area contributed by atoms with E-state index in [-0.39, 0.29) is 5.57 Å². The van der Waals surface area contributed by atoms with Gasteiger partial charge in [0.15, 0.2) is 0 Å². The second kappa shape index (κ2) is 10.3. The van der Waals surface area contributed by atoms with Gasteiger partial charge in [0.05, 0.1) is 4.47 Å². The number of hydrogen-bond acceptors (Lipinski definition) is 3. The molecule has 1 N–H and O–H groups in total. The highest BCUT2D eigenvalue weighted by Gasteiger charge is 2.11. The summed E-state index contributed by atoms with van der Waals surface area (Å²) < 4.78 is 6.65. The van der Waals surface area contributed by atoms with Crippen LogP contribution in [0.3, 0.4) is 0 Å². The second-order valence-electron chi connectivity index (χ2n) is 7.03. The van der Waals surface area contributed by atoms with Crippen LogP contribution in [0.15, 0.2) is 70.7 Å². The largest absolute Gasteiger partial charge is 0.488 e. The van der Waals surface area contributed by atoms with Crippen molar-refractivity contribution < 1.29 is 9.53 Å². The van der Waals surface area contributed by atoms with Crippen LogP contribution in [0, 0.1) is 25.2 Å². The summed E-state index contributed by atoms with van der Waals surface area (Å²) in [5.41, 5.74) is 4.76. The third-order valence-corrected chi connectivity index (χ3v) is 5.53. The first-order valence-electron chi connectivity index (χ1n) is 9.53. The third-order valence-electron chi connectivity index (χ3n) is 4.68. The second-order valence-corrected chi connectivity index (χ2v) is 8.32. The van der Waals surface area contributed by atoms with Crippen LogP contribution in [0.1, 0.15) is 22.3 Å². The van der Waals surface area contributed by atoms with Gasteiger partial charge in [-0.25, -0.2) is 0 Å². The number of amides is 1. The van der Waals surface area contributed by atoms with E-state index in [0.29, 0.717) is 28.6 Å². The lowest BCUT2D eigenvalue weighted by atomic mass is 10.1. The molecule has 0 fully saturated rings. The molecule has 0 heterocycles. The van der Waals surface area contributed by atoms with Gasteiger partial charge in [-0.2, -0.15) is 5.26 Å². The maximum absolute atomic E-state index is 12.4. The molecule has 3 aromatic carbocycles. The minimum atomic E-state index is -0.504. The van der Waals surface area contributed by atoms with Crippen molar-refractivity contribution in [2.45, 2.75) is 20.5 Å². The van der Waals surface area contributed by atoms with Gasteiger partial charge in [0.2, 0.25) is 0 Å². The van der Waals surface area contributed by atoms with E-state index in [1.165, 1.54) is 17.2 Å². The van der Waals surface area contributed by atoms with Crippen LogP contribution in [0.2, 0.25) is 5.02 Å². The van der Waals surface area contributed by atoms with Crippen molar-refractivity contribution in [1.29, 1.82) is 5.26 Å². The first kappa shape index (κ1) is 22.6. The predicted octanol–water partition coefficient (Wildman–Crippen LogP) is 6.84. The predicted molar refractivity (Wildman–Crippen MR) is 128 cm³/mol. The number of benzene rings is 3. The van der Waals surface area contributed by atoms with Gasteiger partial charge >= 0.3 is 0 Å². The number of halogens is 2. The lowest BCUT2D eigenvalue weighted by molar-refractivity contribution is -0.112. The van der Waals surface area contributed by atoms with Gasteiger partial charge in [0.25, 0.3) is 5.91 Å². The average molecular weight is 496 g/mol. The quantitative estimate of drug-likeness (QED) is 0.301. The van der Waals surface area contributed by atoms with Crippen LogP contribution in [-0.2, 0) is 11.4 Å². The van der Waals surface area contributed by atoms with E-state index in [9.17, 15) is 10.1 Å². The maximum atomic E-state index is 12.4. The molecule has 0 aliphatic heterocycles. The zero-order valence-corrected chi connectivity index (χ0v) is 19.4. The van der Waals surface area contributed by atoms with Gasteiger partial charge in [0.1, 0.15) is 24.0 Å². The smallest absolute Gasteiger partial charge is 0.266 e. The summed E-state index contributed by atoms with van der Waals surface area (Å²) in [5, 5.41) is 12.6. The zero-order chi connectivity index (χ0) is 22.4. The van der Waals surface area contributed by atoms with Crippen LogP contribution in [0.25, 0.3) is 6.08 Å². The fourth-order valence-corrected chi connectivity index (χ4v) is 3.56. The van der Waals surface area contributed by atoms with Crippen LogP contribution in [-0.4, -0.2) is 5.91 Å². The normalized spacial score (nSPS) is 11.0. The molecule has 0 saturated carbocycles. The Morgan fingerprint density at radius 3 is 2.61 bits per heavy atom. The Hall–Kier alpha value is -3.07. The highest BCUT2D eigenvalue weighted by molar-refractivity contribution is 9.10. The lowest BCUT2D eigenvalue weighted by Crippen LogP contribution is -2.13. The summed E-state index contributed by atoms with van der Waals surface area (Å²) >= 11 is 9.44. The number of rotatable bonds is 6. The van der Waals surface area contributed by atoms with E-state index in [4.69, 9.17) is 16.3 Å². The van der Waals surface area contributed by atoms with Gasteiger partial charge in [-0.05, 0) is 88.4 Å². The standard InChI is InChI=1S/C25H20BrClN2O2/c1-16-6-7-19(10-17(16)2)15-31-24-9-8-18(12-23(24)26)11-20(14-28)25(30)29-22-5-3-4-21(27)13-22/h3-13H,15H2,1-2H3,(H,29,30)/b20-11+. The van der Waals surface area contributed by atoms with Gasteiger partial charge in [-0.15, -0.1) is 0 Å². The number of anilines is 1. The van der Waals surface area contributed by atoms with Crippen molar-refractivity contribution in [3.63, 3.8) is 0 Å². The summed E-state index contributed by atoms with van der Waals surface area (Å²) in [5.74, 6) is 0.174.